The molecule has 2 aromatic heterocycles. The molecule has 0 bridgehead atoms. The molecule has 0 saturated heterocycles. The molecule has 0 amide bonds. The molecule has 2 atom stereocenters. The van der Waals surface area contributed by atoms with Gasteiger partial charge in [0.2, 0.25) is 0 Å². The van der Waals surface area contributed by atoms with Crippen LogP contribution in [0.15, 0.2) is 18.3 Å². The molecule has 5 nitrogen and oxygen atoms in total. The van der Waals surface area contributed by atoms with Crippen LogP contribution >= 0.6 is 11.5 Å². The third kappa shape index (κ3) is 4.09. The third-order valence-electron chi connectivity index (χ3n) is 3.69. The minimum atomic E-state index is -1.13. The number of aromatic nitrogens is 3. The first kappa shape index (κ1) is 16.8. The Morgan fingerprint density at radius 3 is 2.78 bits per heavy atom. The monoisotopic (exact) mass is 350 g/mol. The zero-order chi connectivity index (χ0) is 16.6. The van der Waals surface area contributed by atoms with E-state index in [0.29, 0.717) is 5.92 Å². The highest BCUT2D eigenvalue weighted by molar-refractivity contribution is 7.90. The molecule has 1 unspecified atom stereocenters. The second kappa shape index (κ2) is 6.47. The van der Waals surface area contributed by atoms with Crippen molar-refractivity contribution in [1.29, 1.82) is 0 Å². The van der Waals surface area contributed by atoms with E-state index in [1.807, 2.05) is 40.0 Å². The topological polar surface area (TPSA) is 73.8 Å². The number of hydrogen-bond acceptors (Lipinski definition) is 6. The van der Waals surface area contributed by atoms with Gasteiger partial charge in [-0.15, -0.1) is 4.72 Å². The summed E-state index contributed by atoms with van der Waals surface area (Å²) in [6, 6.07) is 3.95. The first-order chi connectivity index (χ1) is 10.8. The van der Waals surface area contributed by atoms with Gasteiger partial charge in [0.1, 0.15) is 15.8 Å². The molecule has 1 saturated carbocycles. The fraction of sp³-hybridized carbons (Fsp3) is 0.562. The molecular weight excluding hydrogens is 328 g/mol. The Morgan fingerprint density at radius 1 is 1.39 bits per heavy atom. The van der Waals surface area contributed by atoms with Crippen LogP contribution in [0.4, 0.5) is 0 Å². The summed E-state index contributed by atoms with van der Waals surface area (Å²) in [5.41, 5.74) is 2.15. The zero-order valence-electron chi connectivity index (χ0n) is 13.9. The molecule has 1 fully saturated rings. The lowest BCUT2D eigenvalue weighted by atomic mass is 10.2. The molecular formula is C16H22N4OS2. The van der Waals surface area contributed by atoms with Crippen LogP contribution in [0.1, 0.15) is 63.2 Å². The zero-order valence-corrected chi connectivity index (χ0v) is 15.5. The maximum atomic E-state index is 12.2. The third-order valence-corrected chi connectivity index (χ3v) is 6.26. The summed E-state index contributed by atoms with van der Waals surface area (Å²) in [6.07, 6.45) is 4.29. The Bertz CT molecular complexity index is 679. The van der Waals surface area contributed by atoms with E-state index in [1.54, 1.807) is 0 Å². The van der Waals surface area contributed by atoms with Crippen molar-refractivity contribution in [2.75, 3.05) is 0 Å². The van der Waals surface area contributed by atoms with Gasteiger partial charge in [-0.2, -0.15) is 4.37 Å². The van der Waals surface area contributed by atoms with Crippen LogP contribution in [-0.4, -0.2) is 23.6 Å². The normalized spacial score (nSPS) is 18.0. The number of pyridine rings is 1. The average Bonchev–Trinajstić information content (AvgIpc) is 3.23. The van der Waals surface area contributed by atoms with E-state index in [1.165, 1.54) is 24.4 Å². The van der Waals surface area contributed by atoms with Gasteiger partial charge in [-0.05, 0) is 64.2 Å². The van der Waals surface area contributed by atoms with E-state index < -0.39 is 11.4 Å². The summed E-state index contributed by atoms with van der Waals surface area (Å²) < 4.78 is 19.5. The van der Waals surface area contributed by atoms with Gasteiger partial charge in [-0.1, -0.05) is 0 Å². The quantitative estimate of drug-likeness (QED) is 0.834. The van der Waals surface area contributed by atoms with Crippen LogP contribution < -0.4 is 4.72 Å². The molecule has 23 heavy (non-hydrogen) atoms. The van der Waals surface area contributed by atoms with E-state index in [9.17, 15) is 4.55 Å². The van der Waals surface area contributed by atoms with E-state index in [2.05, 4.69) is 25.1 Å². The summed E-state index contributed by atoms with van der Waals surface area (Å²) in [5.74, 6) is 1.34. The standard InChI is InChI=1S/C16H22N4OS2/c1-10(20-23(21)16(2,3)4)15-18-14(19-22-15)12-7-8-17-13(9-12)11-5-6-11/h7-11,20H,5-6H2,1-4H3/t10?,23-/m1/s1. The van der Waals surface area contributed by atoms with Gasteiger partial charge in [0, 0.05) is 34.7 Å². The Hall–Kier alpha value is -1.02. The molecule has 3 rings (SSSR count). The van der Waals surface area contributed by atoms with Crippen LogP contribution in [0.3, 0.4) is 0 Å². The second-order valence-electron chi connectivity index (χ2n) is 6.92. The number of nitrogens with zero attached hydrogens (tertiary/aromatic N) is 3. The molecule has 0 spiro atoms. The maximum Gasteiger partial charge on any atom is 0.173 e. The van der Waals surface area contributed by atoms with Crippen LogP contribution in [0.2, 0.25) is 0 Å². The van der Waals surface area contributed by atoms with E-state index in [0.717, 1.165) is 22.1 Å². The molecule has 0 aromatic carbocycles. The Balaban J connectivity index is 1.73. The van der Waals surface area contributed by atoms with Crippen molar-refractivity contribution < 1.29 is 4.55 Å². The summed E-state index contributed by atoms with van der Waals surface area (Å²) in [5, 5.41) is 0.849. The van der Waals surface area contributed by atoms with Crippen LogP contribution in [0.5, 0.6) is 0 Å². The van der Waals surface area contributed by atoms with Gasteiger partial charge < -0.3 is 4.55 Å². The molecule has 0 aliphatic heterocycles. The number of rotatable bonds is 5. The SMILES string of the molecule is CC(N[S@+]([O-])C(C)(C)C)c1nc(-c2ccnc(C3CC3)c2)ns1. The van der Waals surface area contributed by atoms with Crippen molar-refractivity contribution >= 4 is 22.9 Å². The van der Waals surface area contributed by atoms with Crippen LogP contribution in [0.25, 0.3) is 11.4 Å². The fourth-order valence-electron chi connectivity index (χ4n) is 2.11. The van der Waals surface area contributed by atoms with Gasteiger partial charge in [-0.3, -0.25) is 4.98 Å². The van der Waals surface area contributed by atoms with Crippen molar-refractivity contribution in [2.45, 2.75) is 57.2 Å². The highest BCUT2D eigenvalue weighted by Gasteiger charge is 2.29. The van der Waals surface area contributed by atoms with Crippen molar-refractivity contribution in [3.05, 3.63) is 29.0 Å². The minimum absolute atomic E-state index is 0.0916. The van der Waals surface area contributed by atoms with Crippen molar-refractivity contribution in [2.24, 2.45) is 0 Å². The van der Waals surface area contributed by atoms with Crippen molar-refractivity contribution in [3.8, 4) is 11.4 Å². The van der Waals surface area contributed by atoms with Gasteiger partial charge >= 0.3 is 0 Å². The lowest BCUT2D eigenvalue weighted by molar-refractivity contribution is 0.531. The van der Waals surface area contributed by atoms with Gasteiger partial charge in [0.15, 0.2) is 5.82 Å². The first-order valence-corrected chi connectivity index (χ1v) is 9.75. The summed E-state index contributed by atoms with van der Waals surface area (Å²) in [6.45, 7) is 7.82. The van der Waals surface area contributed by atoms with Gasteiger partial charge in [0.25, 0.3) is 0 Å². The second-order valence-corrected chi connectivity index (χ2v) is 9.70. The first-order valence-electron chi connectivity index (χ1n) is 7.82. The Kier molecular flexibility index (Phi) is 4.73. The summed E-state index contributed by atoms with van der Waals surface area (Å²) in [7, 11) is 0. The Labute approximate surface area is 144 Å². The highest BCUT2D eigenvalue weighted by Crippen LogP contribution is 2.39. The van der Waals surface area contributed by atoms with E-state index >= 15 is 0 Å². The molecule has 1 aliphatic carbocycles. The molecule has 0 radical (unpaired) electrons. The fourth-order valence-corrected chi connectivity index (χ4v) is 3.64. The highest BCUT2D eigenvalue weighted by atomic mass is 32.2. The summed E-state index contributed by atoms with van der Waals surface area (Å²) in [4.78, 5) is 9.05. The van der Waals surface area contributed by atoms with Crippen LogP contribution in [-0.2, 0) is 11.4 Å². The molecule has 1 N–H and O–H groups in total. The van der Waals surface area contributed by atoms with Crippen molar-refractivity contribution in [3.63, 3.8) is 0 Å². The largest absolute Gasteiger partial charge is 0.598 e. The van der Waals surface area contributed by atoms with Crippen molar-refractivity contribution in [1.82, 2.24) is 19.1 Å². The predicted molar refractivity (Wildman–Crippen MR) is 94.6 cm³/mol. The molecule has 1 aliphatic rings. The predicted octanol–water partition coefficient (Wildman–Crippen LogP) is 3.59. The maximum absolute atomic E-state index is 12.2. The molecule has 124 valence electrons. The number of nitrogens with one attached hydrogen (secondary N) is 1. The summed E-state index contributed by atoms with van der Waals surface area (Å²) >= 11 is 0.231. The van der Waals surface area contributed by atoms with E-state index in [4.69, 9.17) is 0 Å². The molecule has 2 aromatic rings. The smallest absolute Gasteiger partial charge is 0.173 e. The average molecular weight is 351 g/mol. The molecule has 2 heterocycles. The lowest BCUT2D eigenvalue weighted by Gasteiger charge is -2.25. The van der Waals surface area contributed by atoms with Gasteiger partial charge in [-0.25, -0.2) is 4.98 Å². The lowest BCUT2D eigenvalue weighted by Crippen LogP contribution is -2.40. The van der Waals surface area contributed by atoms with Crippen LogP contribution in [0, 0.1) is 0 Å². The van der Waals surface area contributed by atoms with Gasteiger partial charge in [0.05, 0.1) is 0 Å². The molecule has 7 heteroatoms. The van der Waals surface area contributed by atoms with E-state index in [-0.39, 0.29) is 10.8 Å². The Morgan fingerprint density at radius 2 is 2.13 bits per heavy atom. The minimum Gasteiger partial charge on any atom is -0.598 e. The number of hydrogen-bond donors (Lipinski definition) is 1.